The van der Waals surface area contributed by atoms with Crippen LogP contribution in [-0.4, -0.2) is 23.0 Å². The van der Waals surface area contributed by atoms with E-state index in [-0.39, 0.29) is 6.17 Å². The van der Waals surface area contributed by atoms with Crippen LogP contribution in [0.2, 0.25) is 0 Å². The third-order valence-electron chi connectivity index (χ3n) is 2.72. The monoisotopic (exact) mass is 179 g/mol. The molecule has 0 bridgehead atoms. The van der Waals surface area contributed by atoms with Crippen molar-refractivity contribution in [2.45, 2.75) is 25.4 Å². The van der Waals surface area contributed by atoms with Gasteiger partial charge in [0.1, 0.15) is 0 Å². The van der Waals surface area contributed by atoms with Crippen molar-refractivity contribution < 1.29 is 0 Å². The molecule has 72 valence electrons. The van der Waals surface area contributed by atoms with Gasteiger partial charge in [-0.05, 0) is 38.1 Å². The summed E-state index contributed by atoms with van der Waals surface area (Å²) >= 11 is 0. The Morgan fingerprint density at radius 2 is 2.08 bits per heavy atom. The molecule has 0 aromatic carbocycles. The van der Waals surface area contributed by atoms with Gasteiger partial charge in [-0.1, -0.05) is 6.42 Å². The van der Waals surface area contributed by atoms with E-state index in [0.29, 0.717) is 0 Å². The first-order valence-corrected chi connectivity index (χ1v) is 5.01. The second-order valence-corrected chi connectivity index (χ2v) is 3.67. The van der Waals surface area contributed by atoms with Gasteiger partial charge in [0.15, 0.2) is 0 Å². The largest absolute Gasteiger partial charge is 0.363 e. The fraction of sp³-hybridized carbons (Fsp3) is 0.600. The molecule has 0 radical (unpaired) electrons. The van der Waals surface area contributed by atoms with E-state index in [4.69, 9.17) is 5.73 Å². The Hall–Kier alpha value is -0.800. The fourth-order valence-electron chi connectivity index (χ4n) is 1.92. The summed E-state index contributed by atoms with van der Waals surface area (Å²) in [5.74, 6) is 0. The van der Waals surface area contributed by atoms with E-state index in [9.17, 15) is 0 Å². The average molecular weight is 179 g/mol. The zero-order valence-corrected chi connectivity index (χ0v) is 7.87. The molecule has 1 unspecified atom stereocenters. The van der Waals surface area contributed by atoms with E-state index < -0.39 is 0 Å². The number of nitrogens with two attached hydrogens (primary N) is 1. The van der Waals surface area contributed by atoms with Gasteiger partial charge in [0, 0.05) is 11.9 Å². The van der Waals surface area contributed by atoms with Crippen LogP contribution in [0.3, 0.4) is 0 Å². The Bertz CT molecular complexity index is 237. The maximum Gasteiger partial charge on any atom is 0.0987 e. The molecule has 3 nitrogen and oxygen atoms in total. The summed E-state index contributed by atoms with van der Waals surface area (Å²) < 4.78 is 0. The first kappa shape index (κ1) is 8.78. The van der Waals surface area contributed by atoms with Gasteiger partial charge in [0.2, 0.25) is 0 Å². The lowest BCUT2D eigenvalue weighted by Gasteiger charge is -2.31. The van der Waals surface area contributed by atoms with E-state index in [0.717, 1.165) is 18.8 Å². The van der Waals surface area contributed by atoms with Gasteiger partial charge in [0.05, 0.1) is 6.17 Å². The molecule has 2 rings (SSSR count). The Morgan fingerprint density at radius 1 is 1.31 bits per heavy atom. The van der Waals surface area contributed by atoms with Crippen molar-refractivity contribution in [2.24, 2.45) is 5.73 Å². The lowest BCUT2D eigenvalue weighted by molar-refractivity contribution is 0.164. The van der Waals surface area contributed by atoms with Gasteiger partial charge in [0.25, 0.3) is 0 Å². The second-order valence-electron chi connectivity index (χ2n) is 3.67. The maximum atomic E-state index is 6.11. The molecule has 0 spiro atoms. The zero-order valence-electron chi connectivity index (χ0n) is 7.87. The van der Waals surface area contributed by atoms with Crippen molar-refractivity contribution in [3.05, 3.63) is 24.0 Å². The van der Waals surface area contributed by atoms with Crippen molar-refractivity contribution in [1.29, 1.82) is 0 Å². The minimum atomic E-state index is 0.0651. The van der Waals surface area contributed by atoms with E-state index in [2.05, 4.69) is 16.0 Å². The summed E-state index contributed by atoms with van der Waals surface area (Å²) in [4.78, 5) is 5.51. The minimum Gasteiger partial charge on any atom is -0.363 e. The van der Waals surface area contributed by atoms with Crippen molar-refractivity contribution in [3.63, 3.8) is 0 Å². The number of nitrogens with one attached hydrogen (secondary N) is 1. The van der Waals surface area contributed by atoms with Gasteiger partial charge in [-0.25, -0.2) is 0 Å². The van der Waals surface area contributed by atoms with Crippen molar-refractivity contribution in [3.8, 4) is 0 Å². The van der Waals surface area contributed by atoms with Crippen LogP contribution in [0.4, 0.5) is 0 Å². The van der Waals surface area contributed by atoms with Crippen LogP contribution >= 0.6 is 0 Å². The third kappa shape index (κ3) is 1.92. The molecule has 2 heterocycles. The Labute approximate surface area is 78.9 Å². The van der Waals surface area contributed by atoms with Gasteiger partial charge in [-0.15, -0.1) is 0 Å². The highest BCUT2D eigenvalue weighted by Gasteiger charge is 2.18. The summed E-state index contributed by atoms with van der Waals surface area (Å²) in [5, 5.41) is 0. The number of likely N-dealkylation sites (tertiary alicyclic amines) is 1. The van der Waals surface area contributed by atoms with Crippen molar-refractivity contribution in [1.82, 2.24) is 9.88 Å². The average Bonchev–Trinajstić information content (AvgIpc) is 2.71. The van der Waals surface area contributed by atoms with Crippen LogP contribution in [0.25, 0.3) is 0 Å². The Kier molecular flexibility index (Phi) is 2.66. The first-order chi connectivity index (χ1) is 6.38. The number of piperidine rings is 1. The van der Waals surface area contributed by atoms with Crippen LogP contribution in [0.5, 0.6) is 0 Å². The summed E-state index contributed by atoms with van der Waals surface area (Å²) in [6.07, 6.45) is 5.92. The van der Waals surface area contributed by atoms with Gasteiger partial charge < -0.3 is 10.7 Å². The molecule has 0 saturated carbocycles. The van der Waals surface area contributed by atoms with E-state index >= 15 is 0 Å². The number of H-pyrrole nitrogens is 1. The topological polar surface area (TPSA) is 45.1 Å². The Balaban J connectivity index is 1.99. The van der Waals surface area contributed by atoms with E-state index in [1.807, 2.05) is 12.3 Å². The number of aromatic nitrogens is 1. The quantitative estimate of drug-likeness (QED) is 0.722. The normalized spacial score (nSPS) is 21.6. The molecule has 1 aromatic rings. The highest BCUT2D eigenvalue weighted by molar-refractivity contribution is 5.08. The number of rotatable bonds is 2. The zero-order chi connectivity index (χ0) is 9.10. The molecule has 1 saturated heterocycles. The number of hydrogen-bond acceptors (Lipinski definition) is 2. The summed E-state index contributed by atoms with van der Waals surface area (Å²) in [7, 11) is 0. The molecular formula is C10H17N3. The Morgan fingerprint density at radius 3 is 2.69 bits per heavy atom. The molecule has 1 aliphatic rings. The number of nitrogens with zero attached hydrogens (tertiary/aromatic N) is 1. The molecule has 3 N–H and O–H groups in total. The summed E-state index contributed by atoms with van der Waals surface area (Å²) in [6, 6.07) is 4.05. The number of hydrogen-bond donors (Lipinski definition) is 2. The SMILES string of the molecule is NC(c1ccc[nH]1)N1CCCCC1. The molecule has 0 amide bonds. The smallest absolute Gasteiger partial charge is 0.0987 e. The first-order valence-electron chi connectivity index (χ1n) is 5.01. The molecule has 1 aromatic heterocycles. The predicted molar refractivity (Wildman–Crippen MR) is 53.1 cm³/mol. The van der Waals surface area contributed by atoms with E-state index in [1.54, 1.807) is 0 Å². The highest BCUT2D eigenvalue weighted by Crippen LogP contribution is 2.18. The van der Waals surface area contributed by atoms with Gasteiger partial charge >= 0.3 is 0 Å². The third-order valence-corrected chi connectivity index (χ3v) is 2.72. The lowest BCUT2D eigenvalue weighted by Crippen LogP contribution is -2.38. The standard InChI is InChI=1S/C10H17N3/c11-10(9-5-4-6-12-9)13-7-2-1-3-8-13/h4-6,10,12H,1-3,7-8,11H2. The van der Waals surface area contributed by atoms with E-state index in [1.165, 1.54) is 19.3 Å². The van der Waals surface area contributed by atoms with Crippen molar-refractivity contribution >= 4 is 0 Å². The maximum absolute atomic E-state index is 6.11. The van der Waals surface area contributed by atoms with Crippen LogP contribution in [0.15, 0.2) is 18.3 Å². The summed E-state index contributed by atoms with van der Waals surface area (Å²) in [5.41, 5.74) is 7.24. The lowest BCUT2D eigenvalue weighted by atomic mass is 10.1. The molecule has 1 aliphatic heterocycles. The molecule has 1 fully saturated rings. The molecule has 13 heavy (non-hydrogen) atoms. The van der Waals surface area contributed by atoms with Crippen LogP contribution in [-0.2, 0) is 0 Å². The van der Waals surface area contributed by atoms with Crippen molar-refractivity contribution in [2.75, 3.05) is 13.1 Å². The highest BCUT2D eigenvalue weighted by atomic mass is 15.2. The molecule has 3 heteroatoms. The molecule has 0 aliphatic carbocycles. The van der Waals surface area contributed by atoms with Crippen LogP contribution < -0.4 is 5.73 Å². The van der Waals surface area contributed by atoms with Gasteiger partial charge in [-0.3, -0.25) is 4.90 Å². The minimum absolute atomic E-state index is 0.0651. The molecule has 1 atom stereocenters. The van der Waals surface area contributed by atoms with Gasteiger partial charge in [-0.2, -0.15) is 0 Å². The summed E-state index contributed by atoms with van der Waals surface area (Å²) in [6.45, 7) is 2.28. The fourth-order valence-corrected chi connectivity index (χ4v) is 1.92. The van der Waals surface area contributed by atoms with Crippen LogP contribution in [0, 0.1) is 0 Å². The second kappa shape index (κ2) is 3.94. The predicted octanol–water partition coefficient (Wildman–Crippen LogP) is 1.46. The molecular weight excluding hydrogens is 162 g/mol. The number of aromatic amines is 1. The van der Waals surface area contributed by atoms with Crippen LogP contribution in [0.1, 0.15) is 31.1 Å².